The Labute approximate surface area is 740 Å². The summed E-state index contributed by atoms with van der Waals surface area (Å²) in [5.74, 6) is -2.84. The zero-order valence-electron chi connectivity index (χ0n) is 70.2. The Morgan fingerprint density at radius 2 is 0.927 bits per heavy atom. The van der Waals surface area contributed by atoms with Crippen molar-refractivity contribution in [2.24, 2.45) is 0 Å². The number of H-pyrrole nitrogens is 1. The van der Waals surface area contributed by atoms with Crippen LogP contribution in [0.1, 0.15) is 159 Å². The third kappa shape index (κ3) is 26.5. The number of aromatic nitrogens is 10. The van der Waals surface area contributed by atoms with E-state index in [1.807, 2.05) is 54.9 Å². The number of alkyl halides is 1. The van der Waals surface area contributed by atoms with Gasteiger partial charge in [0.2, 0.25) is 5.91 Å². The van der Waals surface area contributed by atoms with E-state index >= 15 is 8.78 Å². The van der Waals surface area contributed by atoms with Crippen LogP contribution in [0, 0.1) is 0 Å². The molecular formula is C87H105Cl4F3N14O14P2. The van der Waals surface area contributed by atoms with Crippen LogP contribution in [0.4, 0.5) is 13.2 Å². The lowest BCUT2D eigenvalue weighted by atomic mass is 10.1. The molecule has 5 aliphatic heterocycles. The highest BCUT2D eigenvalue weighted by Gasteiger charge is 2.39. The number of fused-ring (bicyclic) bond motifs is 2. The molecule has 5 atom stereocenters. The molecule has 0 saturated carbocycles. The number of rotatable bonds is 31. The average molecular weight is 1830 g/mol. The van der Waals surface area contributed by atoms with Crippen molar-refractivity contribution in [1.29, 1.82) is 0 Å². The number of ether oxygens (including phenoxy) is 7. The molecule has 5 aliphatic rings. The van der Waals surface area contributed by atoms with E-state index in [1.165, 1.54) is 49.3 Å². The van der Waals surface area contributed by atoms with Crippen molar-refractivity contribution in [2.45, 2.75) is 117 Å². The van der Waals surface area contributed by atoms with E-state index < -0.39 is 50.8 Å². The van der Waals surface area contributed by atoms with Gasteiger partial charge >= 0.3 is 15.2 Å². The van der Waals surface area contributed by atoms with Crippen molar-refractivity contribution in [3.05, 3.63) is 222 Å². The summed E-state index contributed by atoms with van der Waals surface area (Å²) in [6, 6.07) is 25.2. The number of hydrogen-bond acceptors (Lipinski definition) is 26. The van der Waals surface area contributed by atoms with E-state index in [2.05, 4.69) is 59.7 Å². The fourth-order valence-corrected chi connectivity index (χ4v) is 18.8. The van der Waals surface area contributed by atoms with E-state index in [1.54, 1.807) is 88.6 Å². The number of nitrogens with zero attached hydrogens (tertiary/aromatic N) is 13. The van der Waals surface area contributed by atoms with Gasteiger partial charge in [0.25, 0.3) is 0 Å². The van der Waals surface area contributed by atoms with E-state index in [-0.39, 0.29) is 38.2 Å². The summed E-state index contributed by atoms with van der Waals surface area (Å²) in [5.41, 5.74) is 8.77. The van der Waals surface area contributed by atoms with Crippen LogP contribution in [-0.2, 0) is 77.1 Å². The normalized spacial score (nSPS) is 17.8. The molecule has 10 aromatic rings. The molecule has 666 valence electrons. The number of hydrogen-bond donors (Lipinski definition) is 2. The number of benzene rings is 2. The summed E-state index contributed by atoms with van der Waals surface area (Å²) < 4.78 is 132. The van der Waals surface area contributed by atoms with Crippen molar-refractivity contribution >= 4 is 107 Å². The molecule has 2 N–H and O–H groups in total. The summed E-state index contributed by atoms with van der Waals surface area (Å²) in [7, 11) is -7.41. The highest BCUT2D eigenvalue weighted by molar-refractivity contribution is 7.54. The lowest BCUT2D eigenvalue weighted by molar-refractivity contribution is -0.0367. The third-order valence-corrected chi connectivity index (χ3v) is 26.1. The second-order valence-electron chi connectivity index (χ2n) is 29.4. The first kappa shape index (κ1) is 95.3. The minimum Gasteiger partial charge on any atom is -0.486 e. The van der Waals surface area contributed by atoms with Gasteiger partial charge in [-0.25, -0.2) is 17.9 Å². The zero-order chi connectivity index (χ0) is 87.5. The topological polar surface area (TPSA) is 293 Å². The molecule has 28 nitrogen and oxygen atoms in total. The van der Waals surface area contributed by atoms with Gasteiger partial charge in [0.1, 0.15) is 35.4 Å². The molecule has 0 radical (unpaired) electrons. The maximum atomic E-state index is 15.7. The molecule has 0 amide bonds. The Morgan fingerprint density at radius 1 is 0.516 bits per heavy atom. The van der Waals surface area contributed by atoms with E-state index in [0.29, 0.717) is 96.0 Å². The van der Waals surface area contributed by atoms with Gasteiger partial charge in [0.05, 0.1) is 145 Å². The van der Waals surface area contributed by atoms with Crippen LogP contribution in [0.15, 0.2) is 135 Å². The van der Waals surface area contributed by atoms with Crippen LogP contribution in [0.5, 0.6) is 11.5 Å². The summed E-state index contributed by atoms with van der Waals surface area (Å²) in [4.78, 5) is 34.6. The molecule has 5 saturated heterocycles. The number of halogens is 7. The maximum Gasteiger partial charge on any atom is 0.369 e. The van der Waals surface area contributed by atoms with Crippen molar-refractivity contribution in [2.75, 3.05) is 138 Å². The quantitative estimate of drug-likeness (QED) is 0.0382. The average Bonchev–Trinajstić information content (AvgIpc) is 1.63. The van der Waals surface area contributed by atoms with Crippen molar-refractivity contribution in [3.63, 3.8) is 0 Å². The Morgan fingerprint density at radius 3 is 1.34 bits per heavy atom. The van der Waals surface area contributed by atoms with E-state index in [0.717, 1.165) is 177 Å². The van der Waals surface area contributed by atoms with Crippen LogP contribution in [0.2, 0.25) is 20.1 Å². The minimum atomic E-state index is -3.82. The van der Waals surface area contributed by atoms with Crippen LogP contribution in [-0.4, -0.2) is 213 Å². The summed E-state index contributed by atoms with van der Waals surface area (Å²) in [6.45, 7) is 27.4. The first-order chi connectivity index (χ1) is 60.1. The first-order valence-corrected chi connectivity index (χ1v) is 46.2. The second-order valence-corrected chi connectivity index (χ2v) is 35.2. The van der Waals surface area contributed by atoms with Gasteiger partial charge in [0, 0.05) is 191 Å². The van der Waals surface area contributed by atoms with Gasteiger partial charge in [0.15, 0.2) is 12.1 Å². The second kappa shape index (κ2) is 47.3. The number of morpholine rings is 4. The Kier molecular flexibility index (Phi) is 36.4. The molecule has 37 heteroatoms. The lowest BCUT2D eigenvalue weighted by Gasteiger charge is -2.26. The molecule has 5 fully saturated rings. The summed E-state index contributed by atoms with van der Waals surface area (Å²) in [5, 5.41) is 25.5. The highest BCUT2D eigenvalue weighted by Crippen LogP contribution is 2.62. The highest BCUT2D eigenvalue weighted by atomic mass is 35.5. The smallest absolute Gasteiger partial charge is 0.369 e. The molecule has 5 unspecified atom stereocenters. The first-order valence-electron chi connectivity index (χ1n) is 41.5. The zero-order valence-corrected chi connectivity index (χ0v) is 75.0. The fraction of sp³-hybridized carbons (Fsp3) is 0.448. The van der Waals surface area contributed by atoms with Gasteiger partial charge in [-0.3, -0.25) is 63.7 Å². The monoisotopic (exact) mass is 1830 g/mol. The van der Waals surface area contributed by atoms with Gasteiger partial charge < -0.3 is 56.4 Å². The van der Waals surface area contributed by atoms with Gasteiger partial charge in [-0.1, -0.05) is 58.5 Å². The fourth-order valence-electron chi connectivity index (χ4n) is 14.3. The Hall–Kier alpha value is -7.79. The number of aromatic amines is 1. The number of aliphatic hydroxyl groups excluding tert-OH is 1. The number of aliphatic hydroxyl groups is 1. The van der Waals surface area contributed by atoms with Crippen LogP contribution < -0.4 is 9.47 Å². The number of pyridine rings is 6. The summed E-state index contributed by atoms with van der Waals surface area (Å²) in [6.07, 6.45) is 16.9. The molecule has 2 aromatic carbocycles. The molecule has 0 bridgehead atoms. The van der Waals surface area contributed by atoms with Gasteiger partial charge in [-0.15, -0.1) is 0 Å². The minimum absolute atomic E-state index is 0.125. The van der Waals surface area contributed by atoms with Crippen molar-refractivity contribution in [3.8, 4) is 11.5 Å². The molecule has 124 heavy (non-hydrogen) atoms. The Bertz CT molecular complexity index is 5050. The van der Waals surface area contributed by atoms with Gasteiger partial charge in [-0.05, 0) is 134 Å². The SMILES string of the molecule is CC(Oc1ccc2c(c1)c(/C=C(\F)c1ccc(CN3CCOCC3)nc1)nn2C1CCCCO1)c1c(Cl)cncc1Cl.CC(Oc1ccc2n[nH]c(/C=C(\F)c3ccc(CN4CCOCC4)nc3)c2c1)c1c(Cl)cncc1Cl.CCOP(=O)(OCC)C(F)c1ccc(CN2CCOCC2)nc1.CCOP(=O)(OCC)C(O)c1ccc(CN2CCOCC2)nc1. The molecule has 13 heterocycles. The molecule has 0 spiro atoms. The molecule has 0 aliphatic carbocycles. The van der Waals surface area contributed by atoms with Crippen molar-refractivity contribution < 1.29 is 78.7 Å². The van der Waals surface area contributed by atoms with Crippen LogP contribution in [0.3, 0.4) is 0 Å². The standard InChI is InChI=1S/C31H32Cl2FN5O3.C26H24Cl2FN5O2.C15H24FN2O4P.C15H25N2O5P/c1-20(31-25(32)17-35-18-26(31)33)42-23-7-8-29-24(14-23)28(37-39(29)30-4-2-3-11-41-30)15-27(34)21-5-6-22(36-16-21)19-38-9-12-40-13-10-38;1-16(26-21(27)13-30-14-22(26)28)36-19-4-5-24-20(10-19)25(33-32-24)11-23(29)17-2-3-18(31-12-17)15-34-6-8-35-9-7-34;1-3-21-23(19,22-4-2)15(16)13-5-6-14(17-11-13)12-18-7-9-20-10-8-18;1-3-21-23(19,22-4-2)15(18)13-5-6-14(16-11-13)12-17-7-9-20-10-8-17/h5-8,14-18,20,30H,2-4,9-13,19H2,1H3;2-5,10-14,16H,6-9,15H2,1H3,(H,32,33);5-6,11,15H,3-4,7-10,12H2,1-2H3;5-6,11,15,18H,3-4,7-10,12H2,1-2H3/b27-15-;23-11-;;. The van der Waals surface area contributed by atoms with Crippen molar-refractivity contribution in [1.82, 2.24) is 69.5 Å². The van der Waals surface area contributed by atoms with Crippen LogP contribution in [0.25, 0.3) is 45.6 Å². The maximum absolute atomic E-state index is 15.7. The van der Waals surface area contributed by atoms with Crippen LogP contribution >= 0.6 is 61.6 Å². The predicted molar refractivity (Wildman–Crippen MR) is 471 cm³/mol. The summed E-state index contributed by atoms with van der Waals surface area (Å²) >= 11 is 25.2. The lowest BCUT2D eigenvalue weighted by Crippen LogP contribution is -2.35. The number of nitrogens with one attached hydrogen (secondary N) is 1. The van der Waals surface area contributed by atoms with Gasteiger partial charge in [-0.2, -0.15) is 10.2 Å². The predicted octanol–water partition coefficient (Wildman–Crippen LogP) is 18.7. The molecular weight excluding hydrogens is 1730 g/mol. The molecule has 15 rings (SSSR count). The largest absolute Gasteiger partial charge is 0.486 e. The Balaban J connectivity index is 0.000000156. The third-order valence-electron chi connectivity index (χ3n) is 20.7. The van der Waals surface area contributed by atoms with E-state index in [4.69, 9.17) is 103 Å². The van der Waals surface area contributed by atoms with E-state index in [9.17, 15) is 18.6 Å². The molecule has 8 aromatic heterocycles.